The Morgan fingerprint density at radius 2 is 1.71 bits per heavy atom. The average molecular weight is 294 g/mol. The van der Waals surface area contributed by atoms with Crippen LogP contribution in [-0.2, 0) is 11.2 Å². The zero-order valence-electron chi connectivity index (χ0n) is 13.9. The number of rotatable bonds is 11. The first kappa shape index (κ1) is 17.7. The van der Waals surface area contributed by atoms with Gasteiger partial charge in [0.05, 0.1) is 6.61 Å². The number of hydrogen-bond donors (Lipinski definition) is 2. The third-order valence-corrected chi connectivity index (χ3v) is 3.04. The molecule has 0 bridgehead atoms. The first-order valence-corrected chi connectivity index (χ1v) is 8.09. The summed E-state index contributed by atoms with van der Waals surface area (Å²) in [6.07, 6.45) is 3.03. The molecular weight excluding hydrogens is 264 g/mol. The second-order valence-corrected chi connectivity index (χ2v) is 5.56. The lowest BCUT2D eigenvalue weighted by molar-refractivity contribution is 0.132. The predicted octanol–water partition coefficient (Wildman–Crippen LogP) is 3.34. The van der Waals surface area contributed by atoms with E-state index in [1.54, 1.807) is 0 Å². The van der Waals surface area contributed by atoms with Gasteiger partial charge in [0.1, 0.15) is 17.5 Å². The van der Waals surface area contributed by atoms with Crippen molar-refractivity contribution < 1.29 is 4.74 Å². The van der Waals surface area contributed by atoms with Crippen LogP contribution in [0.4, 0.5) is 11.6 Å². The molecule has 5 heteroatoms. The van der Waals surface area contributed by atoms with Crippen molar-refractivity contribution in [3.05, 3.63) is 11.9 Å². The van der Waals surface area contributed by atoms with Gasteiger partial charge in [-0.1, -0.05) is 27.7 Å². The Labute approximate surface area is 128 Å². The molecule has 0 aliphatic carbocycles. The number of anilines is 2. The Morgan fingerprint density at radius 1 is 1.05 bits per heavy atom. The van der Waals surface area contributed by atoms with Crippen molar-refractivity contribution in [1.29, 1.82) is 0 Å². The van der Waals surface area contributed by atoms with E-state index in [1.807, 2.05) is 6.07 Å². The molecule has 5 nitrogen and oxygen atoms in total. The molecule has 0 radical (unpaired) electrons. The van der Waals surface area contributed by atoms with E-state index in [-0.39, 0.29) is 0 Å². The second kappa shape index (κ2) is 10.4. The summed E-state index contributed by atoms with van der Waals surface area (Å²) < 4.78 is 5.60. The Hall–Kier alpha value is -1.36. The highest BCUT2D eigenvalue weighted by molar-refractivity contribution is 5.47. The maximum absolute atomic E-state index is 5.60. The normalized spacial score (nSPS) is 10.9. The molecule has 1 aromatic rings. The van der Waals surface area contributed by atoms with E-state index < -0.39 is 0 Å². The second-order valence-electron chi connectivity index (χ2n) is 5.56. The molecule has 2 N–H and O–H groups in total. The van der Waals surface area contributed by atoms with Gasteiger partial charge in [-0.05, 0) is 18.8 Å². The highest BCUT2D eigenvalue weighted by atomic mass is 16.5. The van der Waals surface area contributed by atoms with Crippen molar-refractivity contribution in [3.63, 3.8) is 0 Å². The van der Waals surface area contributed by atoms with Crippen LogP contribution in [0.15, 0.2) is 6.07 Å². The van der Waals surface area contributed by atoms with Crippen molar-refractivity contribution in [2.24, 2.45) is 5.92 Å². The molecule has 21 heavy (non-hydrogen) atoms. The molecule has 0 atom stereocenters. The van der Waals surface area contributed by atoms with Crippen LogP contribution in [0, 0.1) is 5.92 Å². The fourth-order valence-electron chi connectivity index (χ4n) is 1.76. The van der Waals surface area contributed by atoms with E-state index in [9.17, 15) is 0 Å². The summed E-state index contributed by atoms with van der Waals surface area (Å²) in [5.74, 6) is 3.32. The molecule has 120 valence electrons. The van der Waals surface area contributed by atoms with Crippen LogP contribution in [0.25, 0.3) is 0 Å². The lowest BCUT2D eigenvalue weighted by Crippen LogP contribution is -2.13. The maximum atomic E-state index is 5.60. The Bertz CT molecular complexity index is 396. The van der Waals surface area contributed by atoms with Gasteiger partial charge in [-0.15, -0.1) is 0 Å². The molecule has 0 spiro atoms. The van der Waals surface area contributed by atoms with Crippen molar-refractivity contribution in [2.45, 2.75) is 47.0 Å². The third-order valence-electron chi connectivity index (χ3n) is 3.04. The monoisotopic (exact) mass is 294 g/mol. The van der Waals surface area contributed by atoms with E-state index in [2.05, 4.69) is 48.3 Å². The van der Waals surface area contributed by atoms with Gasteiger partial charge < -0.3 is 15.4 Å². The number of nitrogens with one attached hydrogen (secondary N) is 2. The minimum Gasteiger partial charge on any atom is -0.380 e. The van der Waals surface area contributed by atoms with E-state index in [0.29, 0.717) is 12.5 Å². The Morgan fingerprint density at radius 3 is 2.29 bits per heavy atom. The largest absolute Gasteiger partial charge is 0.380 e. The minimum atomic E-state index is 0.694. The fourth-order valence-corrected chi connectivity index (χ4v) is 1.76. The van der Waals surface area contributed by atoms with Crippen molar-refractivity contribution in [1.82, 2.24) is 9.97 Å². The first-order valence-electron chi connectivity index (χ1n) is 8.09. The molecule has 1 heterocycles. The van der Waals surface area contributed by atoms with Crippen LogP contribution in [0.1, 0.15) is 46.4 Å². The van der Waals surface area contributed by atoms with Gasteiger partial charge in [0.15, 0.2) is 0 Å². The van der Waals surface area contributed by atoms with Crippen molar-refractivity contribution >= 4 is 11.6 Å². The topological polar surface area (TPSA) is 59.1 Å². The van der Waals surface area contributed by atoms with Crippen LogP contribution in [0.3, 0.4) is 0 Å². The smallest absolute Gasteiger partial charge is 0.132 e. The summed E-state index contributed by atoms with van der Waals surface area (Å²) in [6, 6.07) is 1.96. The summed E-state index contributed by atoms with van der Waals surface area (Å²) in [6.45, 7) is 11.9. The Balaban J connectivity index is 2.39. The number of ether oxygens (including phenoxy) is 1. The fraction of sp³-hybridized carbons (Fsp3) is 0.750. The molecule has 0 saturated heterocycles. The number of nitrogens with zero attached hydrogens (tertiary/aromatic N) is 2. The van der Waals surface area contributed by atoms with Crippen molar-refractivity contribution in [3.8, 4) is 0 Å². The van der Waals surface area contributed by atoms with Gasteiger partial charge in [-0.25, -0.2) is 9.97 Å². The zero-order chi connectivity index (χ0) is 15.5. The number of aryl methyl sites for hydroxylation is 1. The highest BCUT2D eigenvalue weighted by Gasteiger charge is 2.03. The van der Waals surface area contributed by atoms with Crippen molar-refractivity contribution in [2.75, 3.05) is 36.9 Å². The summed E-state index contributed by atoms with van der Waals surface area (Å²) in [5.41, 5.74) is 0. The molecule has 0 saturated carbocycles. The molecule has 0 amide bonds. The van der Waals surface area contributed by atoms with Gasteiger partial charge in [-0.2, -0.15) is 0 Å². The quantitative estimate of drug-likeness (QED) is 0.613. The standard InChI is InChI=1S/C16H30N4O/c1-5-8-17-15-12-16(20-14(6-2)19-15)18-9-11-21-10-7-13(3)4/h12-13H,5-11H2,1-4H3,(H2,17,18,19,20). The summed E-state index contributed by atoms with van der Waals surface area (Å²) in [5, 5.41) is 6.62. The molecule has 0 unspecified atom stereocenters. The Kier molecular flexibility index (Phi) is 8.74. The van der Waals surface area contributed by atoms with Gasteiger partial charge in [0.2, 0.25) is 0 Å². The molecule has 0 fully saturated rings. The third kappa shape index (κ3) is 7.85. The SMILES string of the molecule is CCCNc1cc(NCCOCCC(C)C)nc(CC)n1. The van der Waals surface area contributed by atoms with Gasteiger partial charge >= 0.3 is 0 Å². The van der Waals surface area contributed by atoms with Gasteiger partial charge in [0, 0.05) is 32.2 Å². The first-order chi connectivity index (χ1) is 10.2. The van der Waals surface area contributed by atoms with E-state index >= 15 is 0 Å². The molecule has 1 rings (SSSR count). The molecule has 1 aromatic heterocycles. The lowest BCUT2D eigenvalue weighted by atomic mass is 10.1. The number of hydrogen-bond acceptors (Lipinski definition) is 5. The molecular formula is C16H30N4O. The molecule has 0 aliphatic rings. The minimum absolute atomic E-state index is 0.694. The van der Waals surface area contributed by atoms with Gasteiger partial charge in [0.25, 0.3) is 0 Å². The molecule has 0 aromatic carbocycles. The van der Waals surface area contributed by atoms with Crippen LogP contribution >= 0.6 is 0 Å². The van der Waals surface area contributed by atoms with Gasteiger partial charge in [-0.3, -0.25) is 0 Å². The average Bonchev–Trinajstić information content (AvgIpc) is 2.48. The maximum Gasteiger partial charge on any atom is 0.132 e. The van der Waals surface area contributed by atoms with E-state index in [4.69, 9.17) is 4.74 Å². The van der Waals surface area contributed by atoms with E-state index in [1.165, 1.54) is 0 Å². The van der Waals surface area contributed by atoms with Crippen LogP contribution < -0.4 is 10.6 Å². The number of aromatic nitrogens is 2. The summed E-state index contributed by atoms with van der Waals surface area (Å²) >= 11 is 0. The van der Waals surface area contributed by atoms with Crippen LogP contribution in [0.5, 0.6) is 0 Å². The molecule has 0 aliphatic heterocycles. The summed E-state index contributed by atoms with van der Waals surface area (Å²) in [4.78, 5) is 8.96. The zero-order valence-corrected chi connectivity index (χ0v) is 13.9. The highest BCUT2D eigenvalue weighted by Crippen LogP contribution is 2.11. The summed E-state index contributed by atoms with van der Waals surface area (Å²) in [7, 11) is 0. The van der Waals surface area contributed by atoms with Crippen LogP contribution in [0.2, 0.25) is 0 Å². The predicted molar refractivity (Wildman–Crippen MR) is 89.0 cm³/mol. The van der Waals surface area contributed by atoms with Crippen LogP contribution in [-0.4, -0.2) is 36.3 Å². The lowest BCUT2D eigenvalue weighted by Gasteiger charge is -2.11. The van der Waals surface area contributed by atoms with E-state index in [0.717, 1.165) is 56.4 Å².